The summed E-state index contributed by atoms with van der Waals surface area (Å²) in [7, 11) is 0. The van der Waals surface area contributed by atoms with Crippen LogP contribution in [0.15, 0.2) is 24.3 Å². The Morgan fingerprint density at radius 3 is 2.80 bits per heavy atom. The summed E-state index contributed by atoms with van der Waals surface area (Å²) in [6.45, 7) is 12.5. The predicted octanol–water partition coefficient (Wildman–Crippen LogP) is 3.90. The van der Waals surface area contributed by atoms with Gasteiger partial charge in [0.15, 0.2) is 0 Å². The van der Waals surface area contributed by atoms with Crippen LogP contribution in [0.25, 0.3) is 0 Å². The second-order valence-corrected chi connectivity index (χ2v) is 5.37. The van der Waals surface area contributed by atoms with E-state index in [1.807, 2.05) is 0 Å². The van der Waals surface area contributed by atoms with Gasteiger partial charge in [-0.05, 0) is 49.0 Å². The van der Waals surface area contributed by atoms with Crippen molar-refractivity contribution < 1.29 is 4.79 Å². The Kier molecular flexibility index (Phi) is 3.90. The summed E-state index contributed by atoms with van der Waals surface area (Å²) >= 11 is 0. The van der Waals surface area contributed by atoms with Gasteiger partial charge in [0.1, 0.15) is 6.29 Å². The highest BCUT2D eigenvalue weighted by molar-refractivity contribution is 5.71. The SMILES string of the molecule is C=C(C=O)CCC1C(=C)CCCC1(C)C. The lowest BCUT2D eigenvalue weighted by Crippen LogP contribution is -2.29. The maximum absolute atomic E-state index is 10.5. The molecule has 0 bridgehead atoms. The molecule has 1 fully saturated rings. The molecule has 84 valence electrons. The average molecular weight is 206 g/mol. The molecule has 1 rings (SSSR count). The Hall–Kier alpha value is -0.850. The third kappa shape index (κ3) is 3.05. The summed E-state index contributed by atoms with van der Waals surface area (Å²) in [5.74, 6) is 0.558. The Morgan fingerprint density at radius 1 is 1.60 bits per heavy atom. The van der Waals surface area contributed by atoms with Gasteiger partial charge in [-0.2, -0.15) is 0 Å². The molecule has 15 heavy (non-hydrogen) atoms. The van der Waals surface area contributed by atoms with Crippen molar-refractivity contribution in [2.24, 2.45) is 11.3 Å². The van der Waals surface area contributed by atoms with Crippen LogP contribution in [-0.4, -0.2) is 6.29 Å². The van der Waals surface area contributed by atoms with Gasteiger partial charge in [-0.25, -0.2) is 0 Å². The van der Waals surface area contributed by atoms with Gasteiger partial charge in [-0.3, -0.25) is 4.79 Å². The maximum atomic E-state index is 10.5. The zero-order chi connectivity index (χ0) is 11.5. The minimum atomic E-state index is 0.346. The molecule has 0 aromatic carbocycles. The molecule has 0 heterocycles. The second kappa shape index (κ2) is 4.78. The van der Waals surface area contributed by atoms with Crippen molar-refractivity contribution in [1.82, 2.24) is 0 Å². The molecule has 1 aliphatic rings. The molecule has 1 heteroatoms. The number of carbonyl (C=O) groups excluding carboxylic acids is 1. The lowest BCUT2D eigenvalue weighted by molar-refractivity contribution is -0.105. The van der Waals surface area contributed by atoms with Crippen molar-refractivity contribution in [2.45, 2.75) is 46.0 Å². The fourth-order valence-corrected chi connectivity index (χ4v) is 2.66. The molecule has 1 aliphatic carbocycles. The Labute approximate surface area is 93.3 Å². The van der Waals surface area contributed by atoms with E-state index in [9.17, 15) is 4.79 Å². The topological polar surface area (TPSA) is 17.1 Å². The van der Waals surface area contributed by atoms with Crippen molar-refractivity contribution in [3.05, 3.63) is 24.3 Å². The lowest BCUT2D eigenvalue weighted by atomic mass is 9.65. The predicted molar refractivity (Wildman–Crippen MR) is 64.7 cm³/mol. The third-order valence-corrected chi connectivity index (χ3v) is 3.68. The van der Waals surface area contributed by atoms with Crippen molar-refractivity contribution in [2.75, 3.05) is 0 Å². The van der Waals surface area contributed by atoms with Gasteiger partial charge in [-0.1, -0.05) is 32.6 Å². The van der Waals surface area contributed by atoms with Crippen molar-refractivity contribution in [3.63, 3.8) is 0 Å². The van der Waals surface area contributed by atoms with Gasteiger partial charge < -0.3 is 0 Å². The van der Waals surface area contributed by atoms with Gasteiger partial charge in [0.25, 0.3) is 0 Å². The molecule has 0 aromatic rings. The van der Waals surface area contributed by atoms with Crippen LogP contribution < -0.4 is 0 Å². The molecule has 0 saturated heterocycles. The number of aldehydes is 1. The molecule has 0 radical (unpaired) electrons. The van der Waals surface area contributed by atoms with Crippen LogP contribution in [-0.2, 0) is 4.79 Å². The summed E-state index contributed by atoms with van der Waals surface area (Å²) in [6.07, 6.45) is 6.40. The van der Waals surface area contributed by atoms with E-state index in [4.69, 9.17) is 0 Å². The molecule has 0 spiro atoms. The second-order valence-electron chi connectivity index (χ2n) is 5.37. The molecule has 1 saturated carbocycles. The number of hydrogen-bond acceptors (Lipinski definition) is 1. The first-order valence-corrected chi connectivity index (χ1v) is 5.78. The van der Waals surface area contributed by atoms with Crippen molar-refractivity contribution in [3.8, 4) is 0 Å². The molecule has 0 amide bonds. The van der Waals surface area contributed by atoms with E-state index >= 15 is 0 Å². The van der Waals surface area contributed by atoms with E-state index in [1.165, 1.54) is 18.4 Å². The van der Waals surface area contributed by atoms with E-state index in [2.05, 4.69) is 27.0 Å². The van der Waals surface area contributed by atoms with Crippen LogP contribution in [0.4, 0.5) is 0 Å². The van der Waals surface area contributed by atoms with Gasteiger partial charge in [0, 0.05) is 0 Å². The summed E-state index contributed by atoms with van der Waals surface area (Å²) < 4.78 is 0. The highest BCUT2D eigenvalue weighted by Crippen LogP contribution is 2.45. The zero-order valence-electron chi connectivity index (χ0n) is 10.0. The van der Waals surface area contributed by atoms with E-state index < -0.39 is 0 Å². The first-order chi connectivity index (χ1) is 6.97. The van der Waals surface area contributed by atoms with Crippen molar-refractivity contribution in [1.29, 1.82) is 0 Å². The zero-order valence-corrected chi connectivity index (χ0v) is 10.0. The smallest absolute Gasteiger partial charge is 0.145 e. The van der Waals surface area contributed by atoms with Crippen LogP contribution in [0.2, 0.25) is 0 Å². The fourth-order valence-electron chi connectivity index (χ4n) is 2.66. The molecule has 0 aliphatic heterocycles. The summed E-state index contributed by atoms with van der Waals surface area (Å²) in [5, 5.41) is 0. The first-order valence-electron chi connectivity index (χ1n) is 5.78. The molecule has 1 atom stereocenters. The fraction of sp³-hybridized carbons (Fsp3) is 0.643. The maximum Gasteiger partial charge on any atom is 0.145 e. The standard InChI is InChI=1S/C14H22O/c1-11(10-15)7-8-13-12(2)6-5-9-14(13,3)4/h10,13H,1-2,5-9H2,3-4H3. The summed E-state index contributed by atoms with van der Waals surface area (Å²) in [5.41, 5.74) is 2.42. The molecule has 1 nitrogen and oxygen atoms in total. The summed E-state index contributed by atoms with van der Waals surface area (Å²) in [4.78, 5) is 10.5. The number of carbonyl (C=O) groups is 1. The van der Waals surface area contributed by atoms with E-state index in [0.29, 0.717) is 16.9 Å². The molecule has 0 N–H and O–H groups in total. The highest BCUT2D eigenvalue weighted by atomic mass is 16.1. The van der Waals surface area contributed by atoms with Crippen LogP contribution in [0, 0.1) is 11.3 Å². The Balaban J connectivity index is 2.59. The van der Waals surface area contributed by atoms with Crippen LogP contribution in [0.3, 0.4) is 0 Å². The van der Waals surface area contributed by atoms with E-state index in [1.54, 1.807) is 0 Å². The van der Waals surface area contributed by atoms with E-state index in [-0.39, 0.29) is 0 Å². The normalized spacial score (nSPS) is 24.9. The number of hydrogen-bond donors (Lipinski definition) is 0. The van der Waals surface area contributed by atoms with Crippen molar-refractivity contribution >= 4 is 6.29 Å². The average Bonchev–Trinajstić information content (AvgIpc) is 2.15. The molecule has 0 aromatic heterocycles. The first kappa shape index (κ1) is 12.2. The Morgan fingerprint density at radius 2 is 2.27 bits per heavy atom. The minimum absolute atomic E-state index is 0.346. The van der Waals surface area contributed by atoms with Crippen LogP contribution in [0.5, 0.6) is 0 Å². The molecule has 1 unspecified atom stereocenters. The number of rotatable bonds is 4. The lowest BCUT2D eigenvalue weighted by Gasteiger charge is -2.40. The quantitative estimate of drug-likeness (QED) is 0.387. The monoisotopic (exact) mass is 206 g/mol. The van der Waals surface area contributed by atoms with Gasteiger partial charge in [-0.15, -0.1) is 0 Å². The van der Waals surface area contributed by atoms with Crippen LogP contribution in [0.1, 0.15) is 46.0 Å². The Bertz CT molecular complexity index is 273. The number of allylic oxidation sites excluding steroid dienone is 2. The summed E-state index contributed by atoms with van der Waals surface area (Å²) in [6, 6.07) is 0. The van der Waals surface area contributed by atoms with E-state index in [0.717, 1.165) is 25.5 Å². The highest BCUT2D eigenvalue weighted by Gasteiger charge is 2.33. The van der Waals surface area contributed by atoms with Gasteiger partial charge in [0.05, 0.1) is 0 Å². The third-order valence-electron chi connectivity index (χ3n) is 3.68. The van der Waals surface area contributed by atoms with Gasteiger partial charge >= 0.3 is 0 Å². The minimum Gasteiger partial charge on any atom is -0.298 e. The largest absolute Gasteiger partial charge is 0.298 e. The van der Waals surface area contributed by atoms with Gasteiger partial charge in [0.2, 0.25) is 0 Å². The molecular formula is C14H22O. The molecular weight excluding hydrogens is 184 g/mol. The van der Waals surface area contributed by atoms with Crippen LogP contribution >= 0.6 is 0 Å².